The van der Waals surface area contributed by atoms with E-state index < -0.39 is 5.97 Å². The summed E-state index contributed by atoms with van der Waals surface area (Å²) in [5, 5.41) is 0. The molecule has 0 saturated carbocycles. The Balaban J connectivity index is 2.38. The van der Waals surface area contributed by atoms with Gasteiger partial charge in [-0.05, 0) is 61.4 Å². The topological polar surface area (TPSA) is 61.8 Å². The molecule has 5 heteroatoms. The van der Waals surface area contributed by atoms with Crippen LogP contribution in [0.15, 0.2) is 54.6 Å². The van der Waals surface area contributed by atoms with Crippen molar-refractivity contribution in [1.29, 1.82) is 0 Å². The molecule has 5 nitrogen and oxygen atoms in total. The lowest BCUT2D eigenvalue weighted by molar-refractivity contribution is -0.130. The van der Waals surface area contributed by atoms with Crippen molar-refractivity contribution >= 4 is 24.1 Å². The summed E-state index contributed by atoms with van der Waals surface area (Å²) in [7, 11) is 1.61. The number of carbonyl (C=O) groups is 2. The number of benzene rings is 2. The largest absolute Gasteiger partial charge is 0.497 e. The molecular weight excluding hydrogens is 332 g/mol. The summed E-state index contributed by atoms with van der Waals surface area (Å²) in [6, 6.07) is 12.3. The average Bonchev–Trinajstić information content (AvgIpc) is 2.63. The predicted octanol–water partition coefficient (Wildman–Crippen LogP) is 4.27. The quantitative estimate of drug-likeness (QED) is 0.245. The molecule has 0 radical (unpaired) electrons. The maximum atomic E-state index is 11.7. The highest BCUT2D eigenvalue weighted by Crippen LogP contribution is 2.29. The SMILES string of the molecule is C=C(C)C(=O)Oc1ccc(OC=O)c(/C=C(\C)c2ccc(OC)cc2)c1. The molecule has 0 fully saturated rings. The zero-order chi connectivity index (χ0) is 19.1. The molecule has 0 spiro atoms. The van der Waals surface area contributed by atoms with E-state index in [0.717, 1.165) is 16.9 Å². The van der Waals surface area contributed by atoms with Gasteiger partial charge in [-0.15, -0.1) is 0 Å². The monoisotopic (exact) mass is 352 g/mol. The first-order chi connectivity index (χ1) is 12.4. The fourth-order valence-corrected chi connectivity index (χ4v) is 2.23. The molecule has 134 valence electrons. The van der Waals surface area contributed by atoms with Crippen LogP contribution in [-0.2, 0) is 9.59 Å². The molecule has 0 unspecified atom stereocenters. The first-order valence-corrected chi connectivity index (χ1v) is 7.89. The minimum atomic E-state index is -0.518. The van der Waals surface area contributed by atoms with Crippen LogP contribution in [0.3, 0.4) is 0 Å². The van der Waals surface area contributed by atoms with Gasteiger partial charge in [0, 0.05) is 11.1 Å². The summed E-state index contributed by atoms with van der Waals surface area (Å²) in [6.45, 7) is 7.41. The van der Waals surface area contributed by atoms with Gasteiger partial charge in [0.2, 0.25) is 0 Å². The Morgan fingerprint density at radius 3 is 2.27 bits per heavy atom. The Morgan fingerprint density at radius 1 is 1.04 bits per heavy atom. The molecule has 0 aliphatic heterocycles. The zero-order valence-corrected chi connectivity index (χ0v) is 14.9. The van der Waals surface area contributed by atoms with Gasteiger partial charge in [0.05, 0.1) is 7.11 Å². The molecule has 0 amide bonds. The molecule has 0 bridgehead atoms. The van der Waals surface area contributed by atoms with Crippen LogP contribution in [0.1, 0.15) is 25.0 Å². The second kappa shape index (κ2) is 8.67. The van der Waals surface area contributed by atoms with Crippen LogP contribution in [-0.4, -0.2) is 19.6 Å². The second-order valence-electron chi connectivity index (χ2n) is 5.64. The highest BCUT2D eigenvalue weighted by atomic mass is 16.5. The van der Waals surface area contributed by atoms with Gasteiger partial charge >= 0.3 is 5.97 Å². The van der Waals surface area contributed by atoms with Gasteiger partial charge in [-0.2, -0.15) is 0 Å². The third-order valence-corrected chi connectivity index (χ3v) is 3.63. The van der Waals surface area contributed by atoms with Crippen molar-refractivity contribution in [2.24, 2.45) is 0 Å². The predicted molar refractivity (Wildman–Crippen MR) is 100 cm³/mol. The molecule has 2 rings (SSSR count). The molecular formula is C21H20O5. The highest BCUT2D eigenvalue weighted by Gasteiger charge is 2.10. The number of rotatable bonds is 7. The van der Waals surface area contributed by atoms with Crippen molar-refractivity contribution in [2.75, 3.05) is 7.11 Å². The maximum absolute atomic E-state index is 11.7. The van der Waals surface area contributed by atoms with E-state index in [4.69, 9.17) is 14.2 Å². The smallest absolute Gasteiger partial charge is 0.338 e. The van der Waals surface area contributed by atoms with Crippen LogP contribution < -0.4 is 14.2 Å². The van der Waals surface area contributed by atoms with E-state index in [1.807, 2.05) is 37.3 Å². The molecule has 0 N–H and O–H groups in total. The first kappa shape index (κ1) is 19.0. The van der Waals surface area contributed by atoms with Crippen molar-refractivity contribution in [3.05, 3.63) is 65.7 Å². The van der Waals surface area contributed by atoms with Crippen molar-refractivity contribution in [3.8, 4) is 17.2 Å². The summed E-state index contributed by atoms with van der Waals surface area (Å²) in [4.78, 5) is 22.5. The molecule has 0 atom stereocenters. The number of ether oxygens (including phenoxy) is 3. The van der Waals surface area contributed by atoms with Gasteiger partial charge in [-0.1, -0.05) is 18.7 Å². The molecule has 0 aliphatic rings. The third kappa shape index (κ3) is 4.83. The van der Waals surface area contributed by atoms with Gasteiger partial charge in [0.25, 0.3) is 6.47 Å². The van der Waals surface area contributed by atoms with Crippen LogP contribution in [0.5, 0.6) is 17.2 Å². The average molecular weight is 352 g/mol. The summed E-state index contributed by atoms with van der Waals surface area (Å²) in [5.41, 5.74) is 2.82. The maximum Gasteiger partial charge on any atom is 0.338 e. The van der Waals surface area contributed by atoms with Crippen LogP contribution in [0.25, 0.3) is 11.6 Å². The zero-order valence-electron chi connectivity index (χ0n) is 14.9. The van der Waals surface area contributed by atoms with Crippen LogP contribution in [0, 0.1) is 0 Å². The van der Waals surface area contributed by atoms with Crippen molar-refractivity contribution in [3.63, 3.8) is 0 Å². The molecule has 0 aliphatic carbocycles. The molecule has 0 aromatic heterocycles. The van der Waals surface area contributed by atoms with Gasteiger partial charge < -0.3 is 14.2 Å². The summed E-state index contributed by atoms with van der Waals surface area (Å²) < 4.78 is 15.4. The summed E-state index contributed by atoms with van der Waals surface area (Å²) in [6.07, 6.45) is 1.85. The minimum Gasteiger partial charge on any atom is -0.497 e. The van der Waals surface area contributed by atoms with Gasteiger partial charge in [-0.25, -0.2) is 4.79 Å². The van der Waals surface area contributed by atoms with Crippen LogP contribution in [0.2, 0.25) is 0 Å². The number of carbonyl (C=O) groups excluding carboxylic acids is 2. The molecule has 26 heavy (non-hydrogen) atoms. The molecule has 2 aromatic rings. The lowest BCUT2D eigenvalue weighted by Crippen LogP contribution is -2.08. The van der Waals surface area contributed by atoms with E-state index in [1.165, 1.54) is 0 Å². The number of hydrogen-bond donors (Lipinski definition) is 0. The van der Waals surface area contributed by atoms with Crippen molar-refractivity contribution < 1.29 is 23.8 Å². The fraction of sp³-hybridized carbons (Fsp3) is 0.143. The van der Waals surface area contributed by atoms with Crippen LogP contribution in [0.4, 0.5) is 0 Å². The summed E-state index contributed by atoms with van der Waals surface area (Å²) >= 11 is 0. The number of hydrogen-bond acceptors (Lipinski definition) is 5. The van der Waals surface area contributed by atoms with E-state index in [0.29, 0.717) is 29.1 Å². The third-order valence-electron chi connectivity index (χ3n) is 3.63. The van der Waals surface area contributed by atoms with Crippen LogP contribution >= 0.6 is 0 Å². The van der Waals surface area contributed by atoms with Crippen molar-refractivity contribution in [1.82, 2.24) is 0 Å². The lowest BCUT2D eigenvalue weighted by atomic mass is 10.0. The standard InChI is InChI=1S/C21H20O5/c1-14(2)21(23)26-19-9-10-20(25-13-22)17(12-19)11-15(3)16-5-7-18(24-4)8-6-16/h5-13H,1H2,2-4H3/b15-11+. The Kier molecular flexibility index (Phi) is 6.33. The van der Waals surface area contributed by atoms with Gasteiger partial charge in [0.15, 0.2) is 0 Å². The lowest BCUT2D eigenvalue weighted by Gasteiger charge is -2.10. The Labute approximate surface area is 152 Å². The highest BCUT2D eigenvalue weighted by molar-refractivity contribution is 5.89. The Hall–Kier alpha value is -3.34. The number of esters is 1. The molecule has 0 heterocycles. The van der Waals surface area contributed by atoms with E-state index in [1.54, 1.807) is 32.2 Å². The first-order valence-electron chi connectivity index (χ1n) is 7.89. The second-order valence-corrected chi connectivity index (χ2v) is 5.64. The minimum absolute atomic E-state index is 0.296. The Morgan fingerprint density at radius 2 is 1.69 bits per heavy atom. The number of allylic oxidation sites excluding steroid dienone is 1. The van der Waals surface area contributed by atoms with Crippen molar-refractivity contribution in [2.45, 2.75) is 13.8 Å². The van der Waals surface area contributed by atoms with E-state index >= 15 is 0 Å². The fourth-order valence-electron chi connectivity index (χ4n) is 2.23. The van der Waals surface area contributed by atoms with E-state index in [-0.39, 0.29) is 0 Å². The van der Waals surface area contributed by atoms with E-state index in [2.05, 4.69) is 6.58 Å². The van der Waals surface area contributed by atoms with E-state index in [9.17, 15) is 9.59 Å². The molecule has 2 aromatic carbocycles. The number of methoxy groups -OCH3 is 1. The van der Waals surface area contributed by atoms with Gasteiger partial charge in [-0.3, -0.25) is 4.79 Å². The van der Waals surface area contributed by atoms with Gasteiger partial charge in [0.1, 0.15) is 17.2 Å². The molecule has 0 saturated heterocycles. The normalized spacial score (nSPS) is 10.8. The Bertz CT molecular complexity index is 847. The summed E-state index contributed by atoms with van der Waals surface area (Å²) in [5.74, 6) is 0.948.